The molecule has 0 aromatic carbocycles. The van der Waals surface area contributed by atoms with E-state index in [1.165, 1.54) is 11.4 Å². The van der Waals surface area contributed by atoms with Crippen molar-refractivity contribution < 1.29 is 18.3 Å². The zero-order chi connectivity index (χ0) is 16.3. The molecule has 2 atom stereocenters. The molecule has 2 rings (SSSR count). The van der Waals surface area contributed by atoms with Crippen molar-refractivity contribution in [3.05, 3.63) is 0 Å². The Bertz CT molecular complexity index is 631. The second-order valence-corrected chi connectivity index (χ2v) is 8.36. The molecule has 1 amide bonds. The number of aliphatic hydroxyl groups is 1. The molecule has 124 valence electrons. The van der Waals surface area contributed by atoms with Crippen LogP contribution in [0.3, 0.4) is 0 Å². The molecule has 1 heterocycles. The first kappa shape index (κ1) is 17.3. The normalized spacial score (nSPS) is 22.7. The molecule has 0 aliphatic heterocycles. The Hall–Kier alpha value is -1.10. The van der Waals surface area contributed by atoms with Crippen molar-refractivity contribution >= 4 is 32.4 Å². The minimum absolute atomic E-state index is 0.156. The number of anilines is 1. The molecule has 2 unspecified atom stereocenters. The van der Waals surface area contributed by atoms with E-state index in [-0.39, 0.29) is 21.8 Å². The highest BCUT2D eigenvalue weighted by Crippen LogP contribution is 2.29. The van der Waals surface area contributed by atoms with Gasteiger partial charge in [0.15, 0.2) is 0 Å². The fourth-order valence-electron chi connectivity index (χ4n) is 2.39. The number of likely N-dealkylation sites (N-methyl/N-ethyl adjacent to an activating group) is 1. The SMILES string of the molecule is CCC(=O)Nc1nnc(S(=O)(=O)N(C)C2CCCCC2O)s1. The lowest BCUT2D eigenvalue weighted by Crippen LogP contribution is -2.46. The van der Waals surface area contributed by atoms with E-state index in [9.17, 15) is 18.3 Å². The molecule has 1 aliphatic carbocycles. The summed E-state index contributed by atoms with van der Waals surface area (Å²) in [6.45, 7) is 1.69. The van der Waals surface area contributed by atoms with Gasteiger partial charge in [-0.1, -0.05) is 31.1 Å². The van der Waals surface area contributed by atoms with Crippen LogP contribution in [0.15, 0.2) is 4.34 Å². The fraction of sp³-hybridized carbons (Fsp3) is 0.750. The van der Waals surface area contributed by atoms with E-state index in [0.717, 1.165) is 24.2 Å². The summed E-state index contributed by atoms with van der Waals surface area (Å²) in [6, 6.07) is -0.448. The van der Waals surface area contributed by atoms with Gasteiger partial charge in [-0.25, -0.2) is 8.42 Å². The van der Waals surface area contributed by atoms with E-state index in [4.69, 9.17) is 0 Å². The molecular formula is C12H20N4O4S2. The van der Waals surface area contributed by atoms with Crippen molar-refractivity contribution in [2.75, 3.05) is 12.4 Å². The third-order valence-electron chi connectivity index (χ3n) is 3.73. The number of hydrogen-bond donors (Lipinski definition) is 2. The molecule has 1 aliphatic rings. The maximum absolute atomic E-state index is 12.6. The monoisotopic (exact) mass is 348 g/mol. The van der Waals surface area contributed by atoms with E-state index in [1.54, 1.807) is 6.92 Å². The van der Waals surface area contributed by atoms with Crippen LogP contribution in [0.5, 0.6) is 0 Å². The molecule has 0 saturated heterocycles. The minimum atomic E-state index is -3.83. The van der Waals surface area contributed by atoms with Crippen LogP contribution in [0.1, 0.15) is 39.0 Å². The lowest BCUT2D eigenvalue weighted by atomic mass is 9.93. The number of aromatic nitrogens is 2. The molecule has 1 aromatic heterocycles. The summed E-state index contributed by atoms with van der Waals surface area (Å²) in [5.74, 6) is -0.254. The number of amides is 1. The van der Waals surface area contributed by atoms with E-state index >= 15 is 0 Å². The van der Waals surface area contributed by atoms with Crippen molar-refractivity contribution in [2.24, 2.45) is 0 Å². The number of rotatable bonds is 5. The Kier molecular flexibility index (Phi) is 5.48. The summed E-state index contributed by atoms with van der Waals surface area (Å²) >= 11 is 0.812. The number of nitrogens with zero attached hydrogens (tertiary/aromatic N) is 3. The number of carbonyl (C=O) groups is 1. The molecule has 0 spiro atoms. The highest BCUT2D eigenvalue weighted by molar-refractivity contribution is 7.91. The van der Waals surface area contributed by atoms with Gasteiger partial charge in [-0.05, 0) is 12.8 Å². The first-order chi connectivity index (χ1) is 10.4. The van der Waals surface area contributed by atoms with Crippen LogP contribution < -0.4 is 5.32 Å². The molecule has 1 fully saturated rings. The summed E-state index contributed by atoms with van der Waals surface area (Å²) in [6.07, 6.45) is 2.61. The van der Waals surface area contributed by atoms with Gasteiger partial charge in [0.2, 0.25) is 15.4 Å². The average Bonchev–Trinajstić information content (AvgIpc) is 2.96. The lowest BCUT2D eigenvalue weighted by Gasteiger charge is -2.33. The highest BCUT2D eigenvalue weighted by Gasteiger charge is 2.36. The maximum Gasteiger partial charge on any atom is 0.272 e. The predicted molar refractivity (Wildman–Crippen MR) is 82.0 cm³/mol. The lowest BCUT2D eigenvalue weighted by molar-refractivity contribution is -0.115. The Balaban J connectivity index is 2.17. The van der Waals surface area contributed by atoms with Gasteiger partial charge in [0, 0.05) is 13.5 Å². The number of hydrogen-bond acceptors (Lipinski definition) is 7. The number of sulfonamides is 1. The topological polar surface area (TPSA) is 112 Å². The molecular weight excluding hydrogens is 328 g/mol. The standard InChI is InChI=1S/C12H20N4O4S2/c1-3-10(18)13-11-14-15-12(21-11)22(19,20)16(2)8-6-4-5-7-9(8)17/h8-9,17H,3-7H2,1-2H3,(H,13,14,18). The Morgan fingerprint density at radius 1 is 1.41 bits per heavy atom. The molecule has 1 aromatic rings. The second kappa shape index (κ2) is 6.99. The quantitative estimate of drug-likeness (QED) is 0.762. The Labute approximate surface area is 133 Å². The van der Waals surface area contributed by atoms with Gasteiger partial charge in [0.05, 0.1) is 12.1 Å². The third kappa shape index (κ3) is 3.62. The Morgan fingerprint density at radius 2 is 2.09 bits per heavy atom. The third-order valence-corrected chi connectivity index (χ3v) is 6.80. The van der Waals surface area contributed by atoms with Crippen molar-refractivity contribution in [1.29, 1.82) is 0 Å². The average molecular weight is 348 g/mol. The van der Waals surface area contributed by atoms with Gasteiger partial charge in [-0.2, -0.15) is 4.31 Å². The van der Waals surface area contributed by atoms with Gasteiger partial charge in [0.1, 0.15) is 0 Å². The van der Waals surface area contributed by atoms with Gasteiger partial charge in [0.25, 0.3) is 10.0 Å². The van der Waals surface area contributed by atoms with Crippen LogP contribution in [-0.4, -0.2) is 53.1 Å². The maximum atomic E-state index is 12.6. The molecule has 2 N–H and O–H groups in total. The van der Waals surface area contributed by atoms with Crippen molar-refractivity contribution in [1.82, 2.24) is 14.5 Å². The zero-order valence-electron chi connectivity index (χ0n) is 12.5. The predicted octanol–water partition coefficient (Wildman–Crippen LogP) is 0.811. The van der Waals surface area contributed by atoms with Gasteiger partial charge < -0.3 is 10.4 Å². The van der Waals surface area contributed by atoms with Gasteiger partial charge in [-0.3, -0.25) is 4.79 Å². The zero-order valence-corrected chi connectivity index (χ0v) is 14.2. The van der Waals surface area contributed by atoms with Crippen molar-refractivity contribution in [3.8, 4) is 0 Å². The summed E-state index contributed by atoms with van der Waals surface area (Å²) in [5, 5.41) is 20.0. The summed E-state index contributed by atoms with van der Waals surface area (Å²) < 4.78 is 26.1. The minimum Gasteiger partial charge on any atom is -0.391 e. The number of carbonyl (C=O) groups excluding carboxylic acids is 1. The molecule has 0 bridgehead atoms. The Morgan fingerprint density at radius 3 is 2.73 bits per heavy atom. The molecule has 10 heteroatoms. The first-order valence-corrected chi connectivity index (χ1v) is 9.41. The van der Waals surface area contributed by atoms with Crippen LogP contribution in [0.4, 0.5) is 5.13 Å². The van der Waals surface area contributed by atoms with Crippen molar-refractivity contribution in [3.63, 3.8) is 0 Å². The van der Waals surface area contributed by atoms with Crippen LogP contribution >= 0.6 is 11.3 Å². The first-order valence-electron chi connectivity index (χ1n) is 7.15. The van der Waals surface area contributed by atoms with E-state index < -0.39 is 22.2 Å². The summed E-state index contributed by atoms with van der Waals surface area (Å²) in [7, 11) is -2.38. The van der Waals surface area contributed by atoms with Crippen LogP contribution in [0, 0.1) is 0 Å². The highest BCUT2D eigenvalue weighted by atomic mass is 32.2. The van der Waals surface area contributed by atoms with Crippen LogP contribution in [-0.2, 0) is 14.8 Å². The number of aliphatic hydroxyl groups excluding tert-OH is 1. The van der Waals surface area contributed by atoms with Crippen LogP contribution in [0.25, 0.3) is 0 Å². The van der Waals surface area contributed by atoms with Crippen LogP contribution in [0.2, 0.25) is 0 Å². The van der Waals surface area contributed by atoms with Gasteiger partial charge in [-0.15, -0.1) is 10.2 Å². The molecule has 1 saturated carbocycles. The van der Waals surface area contributed by atoms with E-state index in [0.29, 0.717) is 12.8 Å². The number of nitrogens with one attached hydrogen (secondary N) is 1. The fourth-order valence-corrected chi connectivity index (χ4v) is 4.89. The van der Waals surface area contributed by atoms with E-state index in [2.05, 4.69) is 15.5 Å². The molecule has 0 radical (unpaired) electrons. The largest absolute Gasteiger partial charge is 0.391 e. The smallest absolute Gasteiger partial charge is 0.272 e. The molecule has 8 nitrogen and oxygen atoms in total. The summed E-state index contributed by atoms with van der Waals surface area (Å²) in [4.78, 5) is 11.3. The van der Waals surface area contributed by atoms with E-state index in [1.807, 2.05) is 0 Å². The second-order valence-electron chi connectivity index (χ2n) is 5.22. The van der Waals surface area contributed by atoms with Crippen molar-refractivity contribution in [2.45, 2.75) is 55.5 Å². The van der Waals surface area contributed by atoms with Gasteiger partial charge >= 0.3 is 0 Å². The molecule has 22 heavy (non-hydrogen) atoms. The summed E-state index contributed by atoms with van der Waals surface area (Å²) in [5.41, 5.74) is 0.